The molecule has 0 heterocycles. The Morgan fingerprint density at radius 1 is 0.333 bits per heavy atom. The molecule has 5 heteroatoms. The Balaban J connectivity index is 3.42. The van der Waals surface area contributed by atoms with Crippen LogP contribution in [0.2, 0.25) is 0 Å². The zero-order valence-electron chi connectivity index (χ0n) is 46.6. The quantitative estimate of drug-likeness (QED) is 0.0373. The van der Waals surface area contributed by atoms with E-state index in [1.807, 2.05) is 0 Å². The predicted octanol–water partition coefficient (Wildman–Crippen LogP) is 21.0. The third-order valence-electron chi connectivity index (χ3n) is 14.2. The Morgan fingerprint density at radius 3 is 0.870 bits per heavy atom. The highest BCUT2D eigenvalue weighted by Crippen LogP contribution is 2.18. The van der Waals surface area contributed by atoms with Gasteiger partial charge in [-0.2, -0.15) is 0 Å². The van der Waals surface area contributed by atoms with Crippen LogP contribution in [0.4, 0.5) is 0 Å². The molecule has 0 aliphatic rings. The van der Waals surface area contributed by atoms with Crippen molar-refractivity contribution in [2.75, 3.05) is 13.2 Å². The lowest BCUT2D eigenvalue weighted by molar-refractivity contribution is -0.161. The van der Waals surface area contributed by atoms with Gasteiger partial charge in [-0.25, -0.2) is 0 Å². The largest absolute Gasteiger partial charge is 0.462 e. The van der Waals surface area contributed by atoms with Crippen LogP contribution >= 0.6 is 0 Å². The number of esters is 2. The van der Waals surface area contributed by atoms with Crippen LogP contribution in [-0.4, -0.2) is 36.4 Å². The summed E-state index contributed by atoms with van der Waals surface area (Å²) < 4.78 is 10.7. The van der Waals surface area contributed by atoms with E-state index in [2.05, 4.69) is 50.3 Å². The van der Waals surface area contributed by atoms with E-state index in [9.17, 15) is 14.7 Å². The fourth-order valence-corrected chi connectivity index (χ4v) is 9.51. The van der Waals surface area contributed by atoms with Crippen LogP contribution in [0.5, 0.6) is 0 Å². The van der Waals surface area contributed by atoms with Crippen molar-refractivity contribution in [3.63, 3.8) is 0 Å². The first-order valence-electron chi connectivity index (χ1n) is 31.0. The number of aliphatic hydroxyl groups is 1. The van der Waals surface area contributed by atoms with E-state index in [1.54, 1.807) is 0 Å². The standard InChI is InChI=1S/C64H120O5/c1-3-5-7-9-11-13-15-17-19-21-23-25-27-29-30-31-32-33-35-36-38-40-42-44-46-48-50-52-54-56-58-63(66)68-61-62(60-65)69-64(67)59-57-55-53-51-49-47-45-43-41-39-37-34-28-26-24-22-20-18-16-14-12-10-8-6-4-2/h16,18,22,24,28,34,62,65H,3-15,17,19-21,23,25-27,29-33,35-61H2,1-2H3/b18-16-,24-22-,34-28-. The summed E-state index contributed by atoms with van der Waals surface area (Å²) >= 11 is 0. The Labute approximate surface area is 431 Å². The summed E-state index contributed by atoms with van der Waals surface area (Å²) in [6, 6.07) is 0. The lowest BCUT2D eigenvalue weighted by Gasteiger charge is -2.15. The molecular formula is C64H120O5. The molecule has 0 aromatic carbocycles. The number of hydrogen-bond acceptors (Lipinski definition) is 5. The van der Waals surface area contributed by atoms with E-state index in [-0.39, 0.29) is 25.2 Å². The monoisotopic (exact) mass is 969 g/mol. The lowest BCUT2D eigenvalue weighted by atomic mass is 10.0. The van der Waals surface area contributed by atoms with Gasteiger partial charge in [-0.15, -0.1) is 0 Å². The van der Waals surface area contributed by atoms with Crippen molar-refractivity contribution in [3.05, 3.63) is 36.5 Å². The van der Waals surface area contributed by atoms with Gasteiger partial charge in [0.25, 0.3) is 0 Å². The molecule has 5 nitrogen and oxygen atoms in total. The molecule has 0 aromatic rings. The first kappa shape index (κ1) is 67.1. The summed E-state index contributed by atoms with van der Waals surface area (Å²) in [5.74, 6) is -0.577. The van der Waals surface area contributed by atoms with Gasteiger partial charge in [-0.05, 0) is 51.4 Å². The summed E-state index contributed by atoms with van der Waals surface area (Å²) in [5, 5.41) is 9.67. The molecule has 0 radical (unpaired) electrons. The number of carbonyl (C=O) groups is 2. The van der Waals surface area contributed by atoms with Gasteiger partial charge in [0, 0.05) is 12.8 Å². The third-order valence-corrected chi connectivity index (χ3v) is 14.2. The van der Waals surface area contributed by atoms with Crippen LogP contribution in [0.15, 0.2) is 36.5 Å². The maximum atomic E-state index is 12.3. The normalized spacial score (nSPS) is 12.3. The molecule has 406 valence electrons. The zero-order valence-corrected chi connectivity index (χ0v) is 46.6. The van der Waals surface area contributed by atoms with Crippen molar-refractivity contribution in [1.29, 1.82) is 0 Å². The minimum absolute atomic E-state index is 0.0629. The molecule has 0 rings (SSSR count). The number of rotatable bonds is 58. The van der Waals surface area contributed by atoms with Gasteiger partial charge < -0.3 is 14.6 Å². The van der Waals surface area contributed by atoms with Gasteiger partial charge in [-0.1, -0.05) is 314 Å². The van der Waals surface area contributed by atoms with Crippen LogP contribution < -0.4 is 0 Å². The first-order chi connectivity index (χ1) is 34.1. The van der Waals surface area contributed by atoms with Crippen molar-refractivity contribution in [1.82, 2.24) is 0 Å². The third kappa shape index (κ3) is 58.6. The second-order valence-corrected chi connectivity index (χ2v) is 21.1. The highest BCUT2D eigenvalue weighted by molar-refractivity contribution is 5.70. The average molecular weight is 970 g/mol. The highest BCUT2D eigenvalue weighted by atomic mass is 16.6. The minimum atomic E-state index is -0.773. The number of allylic oxidation sites excluding steroid dienone is 6. The van der Waals surface area contributed by atoms with Crippen molar-refractivity contribution >= 4 is 11.9 Å². The average Bonchev–Trinajstić information content (AvgIpc) is 3.35. The fourth-order valence-electron chi connectivity index (χ4n) is 9.51. The van der Waals surface area contributed by atoms with Gasteiger partial charge in [0.1, 0.15) is 6.61 Å². The Bertz CT molecular complexity index is 1100. The molecule has 0 aromatic heterocycles. The fraction of sp³-hybridized carbons (Fsp3) is 0.875. The van der Waals surface area contributed by atoms with E-state index in [4.69, 9.17) is 9.47 Å². The Kier molecular flexibility index (Phi) is 58.8. The van der Waals surface area contributed by atoms with Crippen molar-refractivity contribution in [2.24, 2.45) is 0 Å². The molecule has 0 aliphatic carbocycles. The van der Waals surface area contributed by atoms with Crippen LogP contribution in [0.25, 0.3) is 0 Å². The molecule has 0 saturated heterocycles. The molecular weight excluding hydrogens is 849 g/mol. The summed E-state index contributed by atoms with van der Waals surface area (Å²) in [7, 11) is 0. The van der Waals surface area contributed by atoms with Gasteiger partial charge in [0.15, 0.2) is 6.10 Å². The number of unbranched alkanes of at least 4 members (excludes halogenated alkanes) is 44. The van der Waals surface area contributed by atoms with Crippen molar-refractivity contribution in [3.8, 4) is 0 Å². The molecule has 1 N–H and O–H groups in total. The topological polar surface area (TPSA) is 72.8 Å². The van der Waals surface area contributed by atoms with Gasteiger partial charge >= 0.3 is 11.9 Å². The van der Waals surface area contributed by atoms with E-state index in [1.165, 1.54) is 270 Å². The summed E-state index contributed by atoms with van der Waals surface area (Å²) in [5.41, 5.74) is 0. The zero-order chi connectivity index (χ0) is 49.9. The molecule has 69 heavy (non-hydrogen) atoms. The maximum Gasteiger partial charge on any atom is 0.306 e. The minimum Gasteiger partial charge on any atom is -0.462 e. The number of aliphatic hydroxyl groups excluding tert-OH is 1. The van der Waals surface area contributed by atoms with Crippen LogP contribution in [-0.2, 0) is 19.1 Å². The molecule has 1 atom stereocenters. The van der Waals surface area contributed by atoms with Gasteiger partial charge in [0.05, 0.1) is 6.61 Å². The SMILES string of the molecule is CCCCCCC/C=C\C/C=C\C/C=C\CCCCCCCCCCCCC(=O)OC(CO)COC(=O)CCCCCCCCCCCCCCCCCCCCCCCCCCCCCCCC. The highest BCUT2D eigenvalue weighted by Gasteiger charge is 2.16. The smallest absolute Gasteiger partial charge is 0.306 e. The van der Waals surface area contributed by atoms with Crippen LogP contribution in [0.3, 0.4) is 0 Å². The van der Waals surface area contributed by atoms with E-state index in [0.717, 1.165) is 44.9 Å². The predicted molar refractivity (Wildman–Crippen MR) is 302 cm³/mol. The number of ether oxygens (including phenoxy) is 2. The molecule has 0 saturated carbocycles. The molecule has 0 bridgehead atoms. The molecule has 1 unspecified atom stereocenters. The van der Waals surface area contributed by atoms with Crippen molar-refractivity contribution < 1.29 is 24.2 Å². The maximum absolute atomic E-state index is 12.3. The van der Waals surface area contributed by atoms with Gasteiger partial charge in [-0.3, -0.25) is 9.59 Å². The molecule has 0 fully saturated rings. The van der Waals surface area contributed by atoms with E-state index in [0.29, 0.717) is 12.8 Å². The Morgan fingerprint density at radius 2 is 0.580 bits per heavy atom. The molecule has 0 spiro atoms. The van der Waals surface area contributed by atoms with E-state index >= 15 is 0 Å². The van der Waals surface area contributed by atoms with E-state index < -0.39 is 6.10 Å². The Hall–Kier alpha value is -1.88. The van der Waals surface area contributed by atoms with Crippen molar-refractivity contribution in [2.45, 2.75) is 347 Å². The lowest BCUT2D eigenvalue weighted by Crippen LogP contribution is -2.28. The number of hydrogen-bond donors (Lipinski definition) is 1. The first-order valence-corrected chi connectivity index (χ1v) is 31.0. The molecule has 0 aliphatic heterocycles. The number of carbonyl (C=O) groups excluding carboxylic acids is 2. The van der Waals surface area contributed by atoms with Gasteiger partial charge in [0.2, 0.25) is 0 Å². The summed E-state index contributed by atoms with van der Waals surface area (Å²) in [6.07, 6.45) is 78.6. The summed E-state index contributed by atoms with van der Waals surface area (Å²) in [4.78, 5) is 24.6. The second kappa shape index (κ2) is 60.4. The molecule has 0 amide bonds. The van der Waals surface area contributed by atoms with Crippen LogP contribution in [0.1, 0.15) is 341 Å². The second-order valence-electron chi connectivity index (χ2n) is 21.1. The summed E-state index contributed by atoms with van der Waals surface area (Å²) in [6.45, 7) is 4.18. The van der Waals surface area contributed by atoms with Crippen LogP contribution in [0, 0.1) is 0 Å².